The average Bonchev–Trinajstić information content (AvgIpc) is 3.09. The largest absolute Gasteiger partial charge is 0.462 e. The monoisotopic (exact) mass is 386 g/mol. The van der Waals surface area contributed by atoms with Crippen molar-refractivity contribution in [1.82, 2.24) is 19.6 Å². The molecular weight excluding hydrogens is 356 g/mol. The molecule has 0 atom stereocenters. The number of benzene rings is 1. The summed E-state index contributed by atoms with van der Waals surface area (Å²) in [4.78, 5) is 17.1. The molecule has 1 fully saturated rings. The van der Waals surface area contributed by atoms with Crippen molar-refractivity contribution in [3.8, 4) is 5.69 Å². The molecule has 1 aromatic carbocycles. The molecule has 0 spiro atoms. The highest BCUT2D eigenvalue weighted by Crippen LogP contribution is 2.22. The number of hydrogen-bond donors (Lipinski definition) is 1. The Hall–Kier alpha value is -2.22. The maximum Gasteiger partial charge on any atom is 0.341 e. The number of aromatic nitrogens is 2. The van der Waals surface area contributed by atoms with Crippen LogP contribution >= 0.6 is 0 Å². The van der Waals surface area contributed by atoms with Crippen LogP contribution in [0.2, 0.25) is 0 Å². The first-order valence-corrected chi connectivity index (χ1v) is 9.90. The Bertz CT molecular complexity index is 810. The van der Waals surface area contributed by atoms with Crippen molar-refractivity contribution in [2.75, 3.05) is 45.9 Å². The van der Waals surface area contributed by atoms with E-state index in [0.29, 0.717) is 25.3 Å². The molecule has 1 aliphatic rings. The lowest BCUT2D eigenvalue weighted by molar-refractivity contribution is 0.0522. The van der Waals surface area contributed by atoms with Crippen molar-refractivity contribution >= 4 is 5.97 Å². The van der Waals surface area contributed by atoms with Crippen LogP contribution < -0.4 is 0 Å². The zero-order valence-electron chi connectivity index (χ0n) is 17.0. The summed E-state index contributed by atoms with van der Waals surface area (Å²) in [5.41, 5.74) is 4.64. The highest BCUT2D eigenvalue weighted by atomic mass is 16.5. The number of nitrogens with zero attached hydrogens (tertiary/aromatic N) is 4. The van der Waals surface area contributed by atoms with Gasteiger partial charge in [-0.3, -0.25) is 9.80 Å². The van der Waals surface area contributed by atoms with Crippen LogP contribution in [0, 0.1) is 13.8 Å². The van der Waals surface area contributed by atoms with Gasteiger partial charge < -0.3 is 9.84 Å². The maximum absolute atomic E-state index is 12.5. The van der Waals surface area contributed by atoms with Crippen molar-refractivity contribution < 1.29 is 14.6 Å². The van der Waals surface area contributed by atoms with E-state index < -0.39 is 0 Å². The summed E-state index contributed by atoms with van der Waals surface area (Å²) in [5.74, 6) is -0.326. The number of aliphatic hydroxyl groups excluding tert-OH is 1. The summed E-state index contributed by atoms with van der Waals surface area (Å²) in [6.07, 6.45) is 1.62. The Kier molecular flexibility index (Phi) is 6.83. The topological polar surface area (TPSA) is 70.8 Å². The molecule has 1 N–H and O–H groups in total. The molecule has 2 aromatic rings. The molecule has 0 amide bonds. The predicted octanol–water partition coefficient (Wildman–Crippen LogP) is 1.78. The van der Waals surface area contributed by atoms with Crippen molar-refractivity contribution in [2.45, 2.75) is 27.3 Å². The second-order valence-corrected chi connectivity index (χ2v) is 7.27. The first-order chi connectivity index (χ1) is 13.5. The summed E-state index contributed by atoms with van der Waals surface area (Å²) in [7, 11) is 0. The molecule has 1 saturated heterocycles. The van der Waals surface area contributed by atoms with E-state index in [2.05, 4.69) is 46.9 Å². The summed E-state index contributed by atoms with van der Waals surface area (Å²) >= 11 is 0. The third-order valence-electron chi connectivity index (χ3n) is 5.21. The number of aliphatic hydroxyl groups is 1. The fourth-order valence-electron chi connectivity index (χ4n) is 3.58. The number of rotatable bonds is 7. The van der Waals surface area contributed by atoms with Gasteiger partial charge in [-0.15, -0.1) is 0 Å². The lowest BCUT2D eigenvalue weighted by atomic mass is 10.1. The van der Waals surface area contributed by atoms with Gasteiger partial charge in [0.05, 0.1) is 30.8 Å². The molecule has 0 bridgehead atoms. The zero-order valence-corrected chi connectivity index (χ0v) is 17.0. The number of carbonyl (C=O) groups is 1. The highest BCUT2D eigenvalue weighted by Gasteiger charge is 2.24. The SMILES string of the molecule is CCOC(=O)c1cnn(-c2cc(C)ccc2C)c1CN1CCN(CCO)CC1. The molecule has 152 valence electrons. The molecule has 7 nitrogen and oxygen atoms in total. The molecule has 0 saturated carbocycles. The van der Waals surface area contributed by atoms with Crippen molar-refractivity contribution in [3.63, 3.8) is 0 Å². The molecule has 0 radical (unpaired) electrons. The Labute approximate surface area is 166 Å². The van der Waals surface area contributed by atoms with E-state index in [4.69, 9.17) is 9.84 Å². The van der Waals surface area contributed by atoms with Crippen LogP contribution in [0.4, 0.5) is 0 Å². The van der Waals surface area contributed by atoms with E-state index in [9.17, 15) is 4.79 Å². The van der Waals surface area contributed by atoms with Crippen molar-refractivity contribution in [1.29, 1.82) is 0 Å². The summed E-state index contributed by atoms with van der Waals surface area (Å²) in [6.45, 7) is 11.4. The molecule has 3 rings (SSSR count). The Morgan fingerprint density at radius 2 is 1.89 bits per heavy atom. The van der Waals surface area contributed by atoms with Gasteiger partial charge in [0.2, 0.25) is 0 Å². The Morgan fingerprint density at radius 3 is 2.57 bits per heavy atom. The maximum atomic E-state index is 12.5. The van der Waals surface area contributed by atoms with Gasteiger partial charge in [-0.25, -0.2) is 9.48 Å². The van der Waals surface area contributed by atoms with E-state index in [1.807, 2.05) is 11.6 Å². The second kappa shape index (κ2) is 9.32. The van der Waals surface area contributed by atoms with E-state index in [-0.39, 0.29) is 12.6 Å². The Balaban J connectivity index is 1.90. The van der Waals surface area contributed by atoms with Gasteiger partial charge in [0, 0.05) is 39.3 Å². The minimum Gasteiger partial charge on any atom is -0.462 e. The number of carbonyl (C=O) groups excluding carboxylic acids is 1. The van der Waals surface area contributed by atoms with Crippen molar-refractivity contribution in [3.05, 3.63) is 46.8 Å². The lowest BCUT2D eigenvalue weighted by Gasteiger charge is -2.34. The molecule has 2 heterocycles. The number of ether oxygens (including phenoxy) is 1. The summed E-state index contributed by atoms with van der Waals surface area (Å²) < 4.78 is 7.15. The standard InChI is InChI=1S/C21H30N4O3/c1-4-28-21(27)18-14-22-25(19-13-16(2)5-6-17(19)3)20(18)15-24-9-7-23(8-10-24)11-12-26/h5-6,13-14,26H,4,7-12,15H2,1-3H3. The molecular formula is C21H30N4O3. The fraction of sp³-hybridized carbons (Fsp3) is 0.524. The molecule has 28 heavy (non-hydrogen) atoms. The van der Waals surface area contributed by atoms with Gasteiger partial charge in [-0.1, -0.05) is 12.1 Å². The zero-order chi connectivity index (χ0) is 20.1. The van der Waals surface area contributed by atoms with Gasteiger partial charge in [0.15, 0.2) is 0 Å². The first-order valence-electron chi connectivity index (χ1n) is 9.90. The van der Waals surface area contributed by atoms with Gasteiger partial charge >= 0.3 is 5.97 Å². The van der Waals surface area contributed by atoms with E-state index in [1.165, 1.54) is 0 Å². The normalized spacial score (nSPS) is 15.7. The minimum absolute atomic E-state index is 0.187. The highest BCUT2D eigenvalue weighted by molar-refractivity contribution is 5.90. The predicted molar refractivity (Wildman–Crippen MR) is 108 cm³/mol. The number of β-amino-alcohol motifs (C(OH)–C–C–N with tert-alkyl or cyclic N) is 1. The van der Waals surface area contributed by atoms with Crippen LogP contribution in [-0.4, -0.2) is 76.6 Å². The van der Waals surface area contributed by atoms with Gasteiger partial charge in [-0.05, 0) is 38.0 Å². The number of esters is 1. The van der Waals surface area contributed by atoms with E-state index in [1.54, 1.807) is 6.20 Å². The summed E-state index contributed by atoms with van der Waals surface area (Å²) in [5, 5.41) is 13.7. The van der Waals surface area contributed by atoms with Crippen LogP contribution in [0.5, 0.6) is 0 Å². The third-order valence-corrected chi connectivity index (χ3v) is 5.21. The van der Waals surface area contributed by atoms with E-state index in [0.717, 1.165) is 48.7 Å². The van der Waals surface area contributed by atoms with Crippen LogP contribution in [-0.2, 0) is 11.3 Å². The second-order valence-electron chi connectivity index (χ2n) is 7.27. The average molecular weight is 386 g/mol. The van der Waals surface area contributed by atoms with Gasteiger partial charge in [0.25, 0.3) is 0 Å². The third kappa shape index (κ3) is 4.60. The molecule has 0 aliphatic carbocycles. The first kappa shape index (κ1) is 20.5. The number of aryl methyl sites for hydroxylation is 2. The Morgan fingerprint density at radius 1 is 1.18 bits per heavy atom. The van der Waals surface area contributed by atoms with Crippen LogP contribution in [0.25, 0.3) is 5.69 Å². The smallest absolute Gasteiger partial charge is 0.341 e. The molecule has 1 aromatic heterocycles. The fourth-order valence-corrected chi connectivity index (χ4v) is 3.58. The molecule has 1 aliphatic heterocycles. The quantitative estimate of drug-likeness (QED) is 0.732. The molecule has 0 unspecified atom stereocenters. The lowest BCUT2D eigenvalue weighted by Crippen LogP contribution is -2.47. The number of hydrogen-bond acceptors (Lipinski definition) is 6. The van der Waals surface area contributed by atoms with Crippen LogP contribution in [0.3, 0.4) is 0 Å². The van der Waals surface area contributed by atoms with Gasteiger partial charge in [-0.2, -0.15) is 5.10 Å². The van der Waals surface area contributed by atoms with Gasteiger partial charge in [0.1, 0.15) is 5.56 Å². The minimum atomic E-state index is -0.326. The van der Waals surface area contributed by atoms with E-state index >= 15 is 0 Å². The molecule has 7 heteroatoms. The van der Waals surface area contributed by atoms with Crippen LogP contribution in [0.1, 0.15) is 34.1 Å². The number of piperazine rings is 1. The van der Waals surface area contributed by atoms with Crippen LogP contribution in [0.15, 0.2) is 24.4 Å². The van der Waals surface area contributed by atoms with Crippen molar-refractivity contribution in [2.24, 2.45) is 0 Å². The summed E-state index contributed by atoms with van der Waals surface area (Å²) in [6, 6.07) is 6.25.